The summed E-state index contributed by atoms with van der Waals surface area (Å²) in [7, 11) is 0. The van der Waals surface area contributed by atoms with Crippen molar-refractivity contribution >= 4 is 6.09 Å². The van der Waals surface area contributed by atoms with Crippen LogP contribution in [-0.4, -0.2) is 33.0 Å². The minimum absolute atomic E-state index is 0.148. The van der Waals surface area contributed by atoms with Crippen molar-refractivity contribution in [3.63, 3.8) is 0 Å². The first-order valence-electron chi connectivity index (χ1n) is 7.01. The van der Waals surface area contributed by atoms with Crippen LogP contribution < -0.4 is 5.32 Å². The standard InChI is InChI=1S/C15H25N3O3/c1-6-7-11(2)18-10-16-8-13(18)12(9-19)17-14(20)21-15(3,4)5/h6,8,10-12,19H,1,7,9H2,2-5H3,(H,17,20). The summed E-state index contributed by atoms with van der Waals surface area (Å²) in [4.78, 5) is 15.9. The second-order valence-electron chi connectivity index (χ2n) is 5.98. The molecule has 0 saturated carbocycles. The van der Waals surface area contributed by atoms with Gasteiger partial charge in [-0.3, -0.25) is 0 Å². The number of nitrogens with one attached hydrogen (secondary N) is 1. The molecule has 1 heterocycles. The Morgan fingerprint density at radius 3 is 2.81 bits per heavy atom. The van der Waals surface area contributed by atoms with Gasteiger partial charge in [0.05, 0.1) is 30.9 Å². The summed E-state index contributed by atoms with van der Waals surface area (Å²) in [5, 5.41) is 12.2. The molecule has 0 aliphatic heterocycles. The van der Waals surface area contributed by atoms with Crippen molar-refractivity contribution in [2.75, 3.05) is 6.61 Å². The third-order valence-corrected chi connectivity index (χ3v) is 2.91. The Bertz CT molecular complexity index is 477. The Hall–Kier alpha value is -1.82. The van der Waals surface area contributed by atoms with Crippen LogP contribution >= 0.6 is 0 Å². The van der Waals surface area contributed by atoms with E-state index in [1.54, 1.807) is 33.3 Å². The summed E-state index contributed by atoms with van der Waals surface area (Å²) in [5.41, 5.74) is 0.151. The van der Waals surface area contributed by atoms with E-state index in [2.05, 4.69) is 16.9 Å². The third-order valence-electron chi connectivity index (χ3n) is 2.91. The fraction of sp³-hybridized carbons (Fsp3) is 0.600. The van der Waals surface area contributed by atoms with Crippen LogP contribution in [0.3, 0.4) is 0 Å². The Morgan fingerprint density at radius 2 is 2.29 bits per heavy atom. The molecular weight excluding hydrogens is 270 g/mol. The molecule has 6 nitrogen and oxygen atoms in total. The molecule has 0 fully saturated rings. The van der Waals surface area contributed by atoms with E-state index < -0.39 is 17.7 Å². The molecule has 2 unspecified atom stereocenters. The summed E-state index contributed by atoms with van der Waals surface area (Å²) in [6.07, 6.45) is 5.35. The number of nitrogens with zero attached hydrogens (tertiary/aromatic N) is 2. The lowest BCUT2D eigenvalue weighted by Gasteiger charge is -2.24. The number of aromatic nitrogens is 2. The monoisotopic (exact) mass is 295 g/mol. The zero-order valence-electron chi connectivity index (χ0n) is 13.2. The summed E-state index contributed by atoms with van der Waals surface area (Å²) in [5.74, 6) is 0. The Kier molecular flexibility index (Phi) is 5.96. The molecule has 1 aromatic heterocycles. The van der Waals surface area contributed by atoms with E-state index in [0.717, 1.165) is 12.1 Å². The smallest absolute Gasteiger partial charge is 0.408 e. The maximum absolute atomic E-state index is 11.8. The summed E-state index contributed by atoms with van der Waals surface area (Å²) < 4.78 is 7.13. The molecule has 0 aromatic carbocycles. The number of imidazole rings is 1. The highest BCUT2D eigenvalue weighted by Gasteiger charge is 2.23. The number of amides is 1. The highest BCUT2D eigenvalue weighted by Crippen LogP contribution is 2.20. The molecule has 1 amide bonds. The predicted molar refractivity (Wildman–Crippen MR) is 80.9 cm³/mol. The van der Waals surface area contributed by atoms with Gasteiger partial charge in [0.2, 0.25) is 0 Å². The van der Waals surface area contributed by atoms with E-state index in [9.17, 15) is 9.90 Å². The number of ether oxygens (including phenoxy) is 1. The van der Waals surface area contributed by atoms with Gasteiger partial charge in [-0.15, -0.1) is 6.58 Å². The van der Waals surface area contributed by atoms with E-state index in [1.165, 1.54) is 0 Å². The zero-order chi connectivity index (χ0) is 16.0. The average Bonchev–Trinajstić information content (AvgIpc) is 2.83. The minimum atomic E-state index is -0.583. The first-order valence-corrected chi connectivity index (χ1v) is 7.01. The van der Waals surface area contributed by atoms with Crippen LogP contribution in [0.1, 0.15) is 51.9 Å². The highest BCUT2D eigenvalue weighted by molar-refractivity contribution is 5.68. The van der Waals surface area contributed by atoms with Crippen LogP contribution in [0.4, 0.5) is 4.79 Å². The van der Waals surface area contributed by atoms with E-state index >= 15 is 0 Å². The molecule has 2 atom stereocenters. The van der Waals surface area contributed by atoms with Crippen molar-refractivity contribution in [2.45, 2.75) is 51.8 Å². The van der Waals surface area contributed by atoms with Crippen molar-refractivity contribution in [2.24, 2.45) is 0 Å². The van der Waals surface area contributed by atoms with Crippen molar-refractivity contribution in [3.05, 3.63) is 30.9 Å². The number of carbonyl (C=O) groups excluding carboxylic acids is 1. The van der Waals surface area contributed by atoms with E-state index in [0.29, 0.717) is 0 Å². The van der Waals surface area contributed by atoms with Gasteiger partial charge in [0.1, 0.15) is 5.60 Å². The van der Waals surface area contributed by atoms with E-state index in [-0.39, 0.29) is 12.6 Å². The fourth-order valence-corrected chi connectivity index (χ4v) is 1.97. The molecule has 0 bridgehead atoms. The van der Waals surface area contributed by atoms with Crippen LogP contribution in [0.2, 0.25) is 0 Å². The van der Waals surface area contributed by atoms with Crippen molar-refractivity contribution in [1.29, 1.82) is 0 Å². The Balaban J connectivity index is 2.84. The summed E-state index contributed by atoms with van der Waals surface area (Å²) >= 11 is 0. The van der Waals surface area contributed by atoms with Gasteiger partial charge in [0.15, 0.2) is 0 Å². The number of allylic oxidation sites excluding steroid dienone is 1. The zero-order valence-corrected chi connectivity index (χ0v) is 13.2. The molecule has 0 saturated heterocycles. The average molecular weight is 295 g/mol. The van der Waals surface area contributed by atoms with Gasteiger partial charge in [-0.1, -0.05) is 6.08 Å². The minimum Gasteiger partial charge on any atom is -0.444 e. The second-order valence-corrected chi connectivity index (χ2v) is 5.98. The number of carbonyl (C=O) groups is 1. The third kappa shape index (κ3) is 5.23. The SMILES string of the molecule is C=CCC(C)n1cncc1C(CO)NC(=O)OC(C)(C)C. The lowest BCUT2D eigenvalue weighted by Crippen LogP contribution is -2.37. The Labute approximate surface area is 125 Å². The van der Waals surface area contributed by atoms with Gasteiger partial charge in [-0.25, -0.2) is 9.78 Å². The van der Waals surface area contributed by atoms with Crippen LogP contribution in [0.5, 0.6) is 0 Å². The number of hydrogen-bond acceptors (Lipinski definition) is 4. The molecular formula is C15H25N3O3. The van der Waals surface area contributed by atoms with Gasteiger partial charge < -0.3 is 19.7 Å². The quantitative estimate of drug-likeness (QED) is 0.791. The maximum atomic E-state index is 11.8. The lowest BCUT2D eigenvalue weighted by atomic mass is 10.2. The molecule has 0 aliphatic rings. The molecule has 1 rings (SSSR count). The van der Waals surface area contributed by atoms with Gasteiger partial charge in [-0.2, -0.15) is 0 Å². The topological polar surface area (TPSA) is 76.4 Å². The van der Waals surface area contributed by atoms with Gasteiger partial charge >= 0.3 is 6.09 Å². The van der Waals surface area contributed by atoms with Crippen molar-refractivity contribution < 1.29 is 14.6 Å². The van der Waals surface area contributed by atoms with Gasteiger partial charge in [0.25, 0.3) is 0 Å². The molecule has 118 valence electrons. The molecule has 21 heavy (non-hydrogen) atoms. The molecule has 2 N–H and O–H groups in total. The first kappa shape index (κ1) is 17.2. The number of aliphatic hydroxyl groups is 1. The van der Waals surface area contributed by atoms with Gasteiger partial charge in [-0.05, 0) is 34.1 Å². The van der Waals surface area contributed by atoms with Crippen LogP contribution in [-0.2, 0) is 4.74 Å². The summed E-state index contributed by atoms with van der Waals surface area (Å²) in [6.45, 7) is 10.9. The van der Waals surface area contributed by atoms with E-state index in [4.69, 9.17) is 4.74 Å². The largest absolute Gasteiger partial charge is 0.444 e. The number of alkyl carbamates (subject to hydrolysis) is 1. The van der Waals surface area contributed by atoms with Crippen LogP contribution in [0.15, 0.2) is 25.2 Å². The van der Waals surface area contributed by atoms with Crippen molar-refractivity contribution in [3.8, 4) is 0 Å². The normalized spacial score (nSPS) is 14.3. The van der Waals surface area contributed by atoms with Crippen molar-refractivity contribution in [1.82, 2.24) is 14.9 Å². The highest BCUT2D eigenvalue weighted by atomic mass is 16.6. The lowest BCUT2D eigenvalue weighted by molar-refractivity contribution is 0.0478. The number of hydrogen-bond donors (Lipinski definition) is 2. The first-order chi connectivity index (χ1) is 9.78. The molecule has 0 aliphatic carbocycles. The molecule has 0 radical (unpaired) electrons. The molecule has 0 spiro atoms. The van der Waals surface area contributed by atoms with Crippen LogP contribution in [0, 0.1) is 0 Å². The summed E-state index contributed by atoms with van der Waals surface area (Å²) in [6, 6.07) is -0.413. The second kappa shape index (κ2) is 7.26. The molecule has 1 aromatic rings. The number of rotatable bonds is 6. The Morgan fingerprint density at radius 1 is 1.62 bits per heavy atom. The maximum Gasteiger partial charge on any atom is 0.408 e. The van der Waals surface area contributed by atoms with Crippen LogP contribution in [0.25, 0.3) is 0 Å². The fourth-order valence-electron chi connectivity index (χ4n) is 1.97. The number of aliphatic hydroxyl groups excluding tert-OH is 1. The predicted octanol–water partition coefficient (Wildman–Crippen LogP) is 2.58. The van der Waals surface area contributed by atoms with Gasteiger partial charge in [0, 0.05) is 6.04 Å². The van der Waals surface area contributed by atoms with E-state index in [1.807, 2.05) is 17.6 Å². The molecule has 6 heteroatoms.